The van der Waals surface area contributed by atoms with Crippen LogP contribution in [0.25, 0.3) is 0 Å². The molecule has 1 amide bonds. The van der Waals surface area contributed by atoms with Crippen LogP contribution < -0.4 is 10.6 Å². The van der Waals surface area contributed by atoms with Crippen molar-refractivity contribution in [2.75, 3.05) is 34.2 Å². The van der Waals surface area contributed by atoms with E-state index in [0.29, 0.717) is 19.1 Å². The molecule has 0 saturated heterocycles. The van der Waals surface area contributed by atoms with Crippen LogP contribution in [-0.4, -0.2) is 67.7 Å². The largest absolute Gasteiger partial charge is 0.444 e. The minimum Gasteiger partial charge on any atom is -0.444 e. The third kappa shape index (κ3) is 11.6. The summed E-state index contributed by atoms with van der Waals surface area (Å²) in [5.74, 6) is 0.788. The first-order chi connectivity index (χ1) is 13.5. The summed E-state index contributed by atoms with van der Waals surface area (Å²) in [5, 5.41) is 6.66. The van der Waals surface area contributed by atoms with Crippen LogP contribution in [0.3, 0.4) is 0 Å². The predicted molar refractivity (Wildman–Crippen MR) is 136 cm³/mol. The molecule has 172 valence electrons. The smallest absolute Gasteiger partial charge is 0.410 e. The molecule has 2 N–H and O–H groups in total. The number of benzene rings is 1. The molecule has 0 bridgehead atoms. The highest BCUT2D eigenvalue weighted by molar-refractivity contribution is 14.0. The predicted octanol–water partition coefficient (Wildman–Crippen LogP) is 3.68. The Morgan fingerprint density at radius 1 is 1.10 bits per heavy atom. The molecule has 1 aromatic carbocycles. The first-order valence-corrected chi connectivity index (χ1v) is 10.2. The molecule has 0 radical (unpaired) electrons. The lowest BCUT2D eigenvalue weighted by Crippen LogP contribution is -2.41. The van der Waals surface area contributed by atoms with Gasteiger partial charge in [0.05, 0.1) is 0 Å². The van der Waals surface area contributed by atoms with Gasteiger partial charge in [0.25, 0.3) is 0 Å². The Morgan fingerprint density at radius 3 is 2.17 bits per heavy atom. The quantitative estimate of drug-likeness (QED) is 0.303. The van der Waals surface area contributed by atoms with Crippen molar-refractivity contribution in [3.63, 3.8) is 0 Å². The second-order valence-corrected chi connectivity index (χ2v) is 8.58. The van der Waals surface area contributed by atoms with Crippen molar-refractivity contribution in [2.45, 2.75) is 59.4 Å². The summed E-state index contributed by atoms with van der Waals surface area (Å²) in [4.78, 5) is 20.2. The van der Waals surface area contributed by atoms with Crippen LogP contribution in [0, 0.1) is 0 Å². The molecule has 30 heavy (non-hydrogen) atoms. The fraction of sp³-hybridized carbons (Fsp3) is 0.636. The third-order valence-corrected chi connectivity index (χ3v) is 4.47. The van der Waals surface area contributed by atoms with E-state index in [4.69, 9.17) is 4.74 Å². The molecule has 8 heteroatoms. The summed E-state index contributed by atoms with van der Waals surface area (Å²) < 4.78 is 5.39. The number of halogens is 1. The average molecular weight is 533 g/mol. The number of rotatable bonds is 8. The molecule has 0 unspecified atom stereocenters. The number of nitrogens with zero attached hydrogens (tertiary/aromatic N) is 3. The lowest BCUT2D eigenvalue weighted by atomic mass is 10.1. The molecule has 0 spiro atoms. The Balaban J connectivity index is 0.00000841. The van der Waals surface area contributed by atoms with E-state index in [-0.39, 0.29) is 30.1 Å². The van der Waals surface area contributed by atoms with E-state index in [0.717, 1.165) is 30.2 Å². The van der Waals surface area contributed by atoms with Crippen molar-refractivity contribution in [3.8, 4) is 0 Å². The average Bonchev–Trinajstić information content (AvgIpc) is 2.63. The second-order valence-electron chi connectivity index (χ2n) is 8.58. The zero-order chi connectivity index (χ0) is 22.0. The SMILES string of the molecule is CN=C(NCCN(C)C(C)C)NCc1ccc(CN(C)C(=O)OC(C)(C)C)cc1.I. The summed E-state index contributed by atoms with van der Waals surface area (Å²) in [6.45, 7) is 13.0. The number of amides is 1. The monoisotopic (exact) mass is 533 g/mol. The number of ether oxygens (including phenoxy) is 1. The van der Waals surface area contributed by atoms with E-state index in [1.165, 1.54) is 0 Å². The highest BCUT2D eigenvalue weighted by Crippen LogP contribution is 2.12. The lowest BCUT2D eigenvalue weighted by molar-refractivity contribution is 0.0285. The van der Waals surface area contributed by atoms with Crippen molar-refractivity contribution < 1.29 is 9.53 Å². The molecule has 0 aliphatic heterocycles. The molecule has 0 aliphatic carbocycles. The van der Waals surface area contributed by atoms with Crippen LogP contribution in [0.4, 0.5) is 4.79 Å². The maximum Gasteiger partial charge on any atom is 0.410 e. The first kappa shape index (κ1) is 28.5. The number of likely N-dealkylation sites (N-methyl/N-ethyl adjacent to an activating group) is 1. The van der Waals surface area contributed by atoms with Crippen LogP contribution in [-0.2, 0) is 17.8 Å². The van der Waals surface area contributed by atoms with E-state index in [9.17, 15) is 4.79 Å². The summed E-state index contributed by atoms with van der Waals surface area (Å²) >= 11 is 0. The van der Waals surface area contributed by atoms with Crippen LogP contribution in [0.5, 0.6) is 0 Å². The van der Waals surface area contributed by atoms with E-state index in [1.54, 1.807) is 19.0 Å². The summed E-state index contributed by atoms with van der Waals surface area (Å²) in [6, 6.07) is 8.72. The van der Waals surface area contributed by atoms with E-state index in [1.807, 2.05) is 32.9 Å². The molecule has 0 saturated carbocycles. The van der Waals surface area contributed by atoms with Gasteiger partial charge in [0, 0.05) is 46.3 Å². The molecule has 0 heterocycles. The minimum atomic E-state index is -0.488. The van der Waals surface area contributed by atoms with Crippen molar-refractivity contribution in [1.82, 2.24) is 20.4 Å². The van der Waals surface area contributed by atoms with Crippen LogP contribution in [0.15, 0.2) is 29.3 Å². The highest BCUT2D eigenvalue weighted by Gasteiger charge is 2.19. The zero-order valence-electron chi connectivity index (χ0n) is 19.8. The minimum absolute atomic E-state index is 0. The van der Waals surface area contributed by atoms with Crippen molar-refractivity contribution in [3.05, 3.63) is 35.4 Å². The Hall–Kier alpha value is -1.55. The number of carbonyl (C=O) groups is 1. The molecule has 0 atom stereocenters. The van der Waals surface area contributed by atoms with Gasteiger partial charge in [-0.2, -0.15) is 0 Å². The van der Waals surface area contributed by atoms with Gasteiger partial charge in [0.1, 0.15) is 5.60 Å². The van der Waals surface area contributed by atoms with Crippen molar-refractivity contribution >= 4 is 36.0 Å². The van der Waals surface area contributed by atoms with Crippen molar-refractivity contribution in [2.24, 2.45) is 4.99 Å². The summed E-state index contributed by atoms with van der Waals surface area (Å²) in [7, 11) is 5.64. The number of carbonyl (C=O) groups excluding carboxylic acids is 1. The van der Waals surface area contributed by atoms with Gasteiger partial charge in [0.15, 0.2) is 5.96 Å². The van der Waals surface area contributed by atoms with Gasteiger partial charge in [-0.05, 0) is 52.8 Å². The molecule has 7 nitrogen and oxygen atoms in total. The van der Waals surface area contributed by atoms with Gasteiger partial charge >= 0.3 is 6.09 Å². The van der Waals surface area contributed by atoms with Gasteiger partial charge in [-0.15, -0.1) is 24.0 Å². The molecule has 0 fully saturated rings. The van der Waals surface area contributed by atoms with Gasteiger partial charge < -0.3 is 25.2 Å². The van der Waals surface area contributed by atoms with Gasteiger partial charge in [-0.3, -0.25) is 4.99 Å². The fourth-order valence-corrected chi connectivity index (χ4v) is 2.46. The second kappa shape index (κ2) is 13.7. The standard InChI is InChI=1S/C22H39N5O2.HI/c1-17(2)26(7)14-13-24-20(23-6)25-15-18-9-11-19(12-10-18)16-27(8)21(28)29-22(3,4)5;/h9-12,17H,13-16H2,1-8H3,(H2,23,24,25);1H. The van der Waals surface area contributed by atoms with E-state index >= 15 is 0 Å². The normalized spacial score (nSPS) is 11.9. The van der Waals surface area contributed by atoms with Crippen molar-refractivity contribution in [1.29, 1.82) is 0 Å². The molecule has 0 aromatic heterocycles. The Bertz CT molecular complexity index is 656. The van der Waals surface area contributed by atoms with Gasteiger partial charge in [-0.25, -0.2) is 4.79 Å². The summed E-state index contributed by atoms with van der Waals surface area (Å²) in [6.07, 6.45) is -0.318. The first-order valence-electron chi connectivity index (χ1n) is 10.2. The Labute approximate surface area is 199 Å². The summed E-state index contributed by atoms with van der Waals surface area (Å²) in [5.41, 5.74) is 1.72. The van der Waals surface area contributed by atoms with Crippen LogP contribution in [0.1, 0.15) is 45.7 Å². The zero-order valence-corrected chi connectivity index (χ0v) is 22.1. The molecule has 1 aromatic rings. The number of hydrogen-bond acceptors (Lipinski definition) is 4. The van der Waals surface area contributed by atoms with Crippen LogP contribution in [0.2, 0.25) is 0 Å². The number of nitrogens with one attached hydrogen (secondary N) is 2. The number of aliphatic imine (C=N–C) groups is 1. The number of guanidine groups is 1. The lowest BCUT2D eigenvalue weighted by Gasteiger charge is -2.24. The third-order valence-electron chi connectivity index (χ3n) is 4.47. The van der Waals surface area contributed by atoms with Gasteiger partial charge in [-0.1, -0.05) is 24.3 Å². The Kier molecular flexibility index (Phi) is 13.0. The fourth-order valence-electron chi connectivity index (χ4n) is 2.46. The Morgan fingerprint density at radius 2 is 1.67 bits per heavy atom. The molecular weight excluding hydrogens is 493 g/mol. The maximum atomic E-state index is 12.1. The maximum absolute atomic E-state index is 12.1. The molecule has 1 rings (SSSR count). The highest BCUT2D eigenvalue weighted by atomic mass is 127. The van der Waals surface area contributed by atoms with E-state index < -0.39 is 5.60 Å². The number of hydrogen-bond donors (Lipinski definition) is 2. The van der Waals surface area contributed by atoms with E-state index in [2.05, 4.69) is 53.6 Å². The van der Waals surface area contributed by atoms with Gasteiger partial charge in [0.2, 0.25) is 0 Å². The van der Waals surface area contributed by atoms with Crippen LogP contribution >= 0.6 is 24.0 Å². The molecule has 0 aliphatic rings. The topological polar surface area (TPSA) is 69.2 Å². The molecular formula is C22H40IN5O2.